The summed E-state index contributed by atoms with van der Waals surface area (Å²) in [5.74, 6) is 1.07. The van der Waals surface area contributed by atoms with E-state index < -0.39 is 0 Å². The molecule has 0 radical (unpaired) electrons. The Labute approximate surface area is 162 Å². The molecule has 3 rings (SSSR count). The molecule has 0 saturated carbocycles. The van der Waals surface area contributed by atoms with Crippen molar-refractivity contribution >= 4 is 27.5 Å². The van der Waals surface area contributed by atoms with E-state index in [1.165, 1.54) is 0 Å². The first-order valence-corrected chi connectivity index (χ1v) is 9.65. The smallest absolute Gasteiger partial charge is 0.224 e. The number of nitrogens with zero attached hydrogens (tertiary/aromatic N) is 4. The number of hydrogen-bond donors (Lipinski definition) is 0. The number of hydrogen-bond acceptors (Lipinski definition) is 4. The lowest BCUT2D eigenvalue weighted by atomic mass is 10.2. The number of ether oxygens (including phenoxy) is 1. The van der Waals surface area contributed by atoms with Crippen LogP contribution in [0.1, 0.15) is 17.8 Å². The van der Waals surface area contributed by atoms with Crippen molar-refractivity contribution in [3.05, 3.63) is 40.1 Å². The molecule has 0 N–H and O–H groups in total. The third-order valence-electron chi connectivity index (χ3n) is 4.89. The fourth-order valence-electron chi connectivity index (χ4n) is 3.34. The molecule has 1 aliphatic rings. The molecule has 0 aliphatic carbocycles. The maximum Gasteiger partial charge on any atom is 0.224 e. The largest absolute Gasteiger partial charge is 0.495 e. The molecular formula is C19H25BrN4O2. The Kier molecular flexibility index (Phi) is 5.86. The molecule has 1 aromatic heterocycles. The number of aryl methyl sites for hydroxylation is 2. The third-order valence-corrected chi connectivity index (χ3v) is 6.04. The van der Waals surface area contributed by atoms with E-state index in [1.807, 2.05) is 41.6 Å². The Balaban J connectivity index is 1.54. The first-order valence-electron chi connectivity index (χ1n) is 8.86. The minimum atomic E-state index is 0.188. The summed E-state index contributed by atoms with van der Waals surface area (Å²) < 4.78 is 8.38. The van der Waals surface area contributed by atoms with Gasteiger partial charge in [-0.25, -0.2) is 0 Å². The van der Waals surface area contributed by atoms with Gasteiger partial charge in [-0.05, 0) is 41.9 Å². The Morgan fingerprint density at radius 1 is 1.19 bits per heavy atom. The van der Waals surface area contributed by atoms with Gasteiger partial charge in [0.25, 0.3) is 0 Å². The number of carbonyl (C=O) groups excluding carboxylic acids is 1. The summed E-state index contributed by atoms with van der Waals surface area (Å²) in [6.45, 7) is 7.70. The molecule has 1 saturated heterocycles. The molecule has 0 unspecified atom stereocenters. The molecule has 140 valence electrons. The summed E-state index contributed by atoms with van der Waals surface area (Å²) in [4.78, 5) is 16.8. The van der Waals surface area contributed by atoms with E-state index in [4.69, 9.17) is 4.74 Å². The van der Waals surface area contributed by atoms with E-state index in [0.717, 1.165) is 53.5 Å². The Morgan fingerprint density at radius 2 is 1.88 bits per heavy atom. The predicted octanol–water partition coefficient (Wildman–Crippen LogP) is 3.01. The van der Waals surface area contributed by atoms with Gasteiger partial charge in [-0.15, -0.1) is 0 Å². The van der Waals surface area contributed by atoms with E-state index in [0.29, 0.717) is 13.0 Å². The number of benzene rings is 1. The van der Waals surface area contributed by atoms with Crippen LogP contribution in [-0.4, -0.2) is 53.9 Å². The number of methoxy groups -OCH3 is 1. The van der Waals surface area contributed by atoms with Crippen LogP contribution in [0.25, 0.3) is 0 Å². The van der Waals surface area contributed by atoms with E-state index in [-0.39, 0.29) is 5.91 Å². The van der Waals surface area contributed by atoms with Crippen LogP contribution < -0.4 is 9.64 Å². The molecule has 0 bridgehead atoms. The number of amides is 1. The summed E-state index contributed by atoms with van der Waals surface area (Å²) in [6.07, 6.45) is 0.475. The normalized spacial score (nSPS) is 14.6. The SMILES string of the molecule is COc1ccccc1N1CCN(C(=O)CCn2nc(C)c(Br)c2C)CC1. The first kappa shape index (κ1) is 18.8. The van der Waals surface area contributed by atoms with Crippen LogP contribution in [-0.2, 0) is 11.3 Å². The molecule has 2 aromatic rings. The summed E-state index contributed by atoms with van der Waals surface area (Å²) in [5.41, 5.74) is 3.12. The second-order valence-electron chi connectivity index (χ2n) is 6.50. The Morgan fingerprint density at radius 3 is 2.50 bits per heavy atom. The fraction of sp³-hybridized carbons (Fsp3) is 0.474. The predicted molar refractivity (Wildman–Crippen MR) is 106 cm³/mol. The highest BCUT2D eigenvalue weighted by atomic mass is 79.9. The van der Waals surface area contributed by atoms with Crippen LogP contribution in [0.4, 0.5) is 5.69 Å². The summed E-state index contributed by atoms with van der Waals surface area (Å²) in [5, 5.41) is 4.47. The molecular weight excluding hydrogens is 396 g/mol. The van der Waals surface area contributed by atoms with Crippen LogP contribution in [0.3, 0.4) is 0 Å². The van der Waals surface area contributed by atoms with Crippen LogP contribution in [0.5, 0.6) is 5.75 Å². The van der Waals surface area contributed by atoms with E-state index >= 15 is 0 Å². The van der Waals surface area contributed by atoms with Crippen molar-refractivity contribution < 1.29 is 9.53 Å². The number of halogens is 1. The highest BCUT2D eigenvalue weighted by molar-refractivity contribution is 9.10. The molecule has 26 heavy (non-hydrogen) atoms. The van der Waals surface area contributed by atoms with Crippen molar-refractivity contribution in [3.63, 3.8) is 0 Å². The molecule has 1 aliphatic heterocycles. The molecule has 6 nitrogen and oxygen atoms in total. The van der Waals surface area contributed by atoms with Gasteiger partial charge >= 0.3 is 0 Å². The second kappa shape index (κ2) is 8.12. The zero-order valence-corrected chi connectivity index (χ0v) is 17.1. The van der Waals surface area contributed by atoms with Crippen molar-refractivity contribution in [2.75, 3.05) is 38.2 Å². The van der Waals surface area contributed by atoms with Gasteiger partial charge in [0.15, 0.2) is 0 Å². The highest BCUT2D eigenvalue weighted by Crippen LogP contribution is 2.28. The quantitative estimate of drug-likeness (QED) is 0.745. The van der Waals surface area contributed by atoms with Gasteiger partial charge in [0, 0.05) is 38.3 Å². The van der Waals surface area contributed by atoms with Gasteiger partial charge in [-0.3, -0.25) is 9.48 Å². The minimum absolute atomic E-state index is 0.188. The first-order chi connectivity index (χ1) is 12.5. The zero-order chi connectivity index (χ0) is 18.7. The average molecular weight is 421 g/mol. The number of anilines is 1. The maximum atomic E-state index is 12.6. The van der Waals surface area contributed by atoms with Crippen molar-refractivity contribution in [2.24, 2.45) is 0 Å². The number of para-hydroxylation sites is 2. The monoisotopic (exact) mass is 420 g/mol. The molecule has 1 fully saturated rings. The number of rotatable bonds is 5. The van der Waals surface area contributed by atoms with E-state index in [9.17, 15) is 4.79 Å². The van der Waals surface area contributed by atoms with Crippen molar-refractivity contribution in [2.45, 2.75) is 26.8 Å². The van der Waals surface area contributed by atoms with Gasteiger partial charge in [0.05, 0.1) is 29.5 Å². The van der Waals surface area contributed by atoms with Crippen molar-refractivity contribution in [1.82, 2.24) is 14.7 Å². The van der Waals surface area contributed by atoms with Gasteiger partial charge < -0.3 is 14.5 Å². The second-order valence-corrected chi connectivity index (χ2v) is 7.29. The molecule has 0 spiro atoms. The molecule has 0 atom stereocenters. The molecule has 1 aromatic carbocycles. The van der Waals surface area contributed by atoms with Crippen LogP contribution in [0, 0.1) is 13.8 Å². The van der Waals surface area contributed by atoms with Gasteiger partial charge in [0.1, 0.15) is 5.75 Å². The summed E-state index contributed by atoms with van der Waals surface area (Å²) >= 11 is 3.53. The van der Waals surface area contributed by atoms with Crippen molar-refractivity contribution in [3.8, 4) is 5.75 Å². The number of carbonyl (C=O) groups is 1. The Bertz CT molecular complexity index is 782. The van der Waals surface area contributed by atoms with Gasteiger partial charge in [0.2, 0.25) is 5.91 Å². The van der Waals surface area contributed by atoms with Gasteiger partial charge in [-0.2, -0.15) is 5.10 Å². The lowest BCUT2D eigenvalue weighted by Crippen LogP contribution is -2.49. The average Bonchev–Trinajstić information content (AvgIpc) is 2.93. The van der Waals surface area contributed by atoms with Crippen LogP contribution in [0.2, 0.25) is 0 Å². The van der Waals surface area contributed by atoms with Crippen LogP contribution >= 0.6 is 15.9 Å². The third kappa shape index (κ3) is 3.87. The standard InChI is InChI=1S/C19H25BrN4O2/c1-14-19(20)15(2)24(21-14)9-8-18(25)23-12-10-22(11-13-23)16-6-4-5-7-17(16)26-3/h4-7H,8-13H2,1-3H3. The number of piperazine rings is 1. The maximum absolute atomic E-state index is 12.6. The highest BCUT2D eigenvalue weighted by Gasteiger charge is 2.23. The minimum Gasteiger partial charge on any atom is -0.495 e. The fourth-order valence-corrected chi connectivity index (χ4v) is 3.62. The molecule has 1 amide bonds. The molecule has 7 heteroatoms. The lowest BCUT2D eigenvalue weighted by molar-refractivity contribution is -0.131. The van der Waals surface area contributed by atoms with E-state index in [2.05, 4.69) is 32.0 Å². The Hall–Kier alpha value is -2.02. The number of aromatic nitrogens is 2. The topological polar surface area (TPSA) is 50.6 Å². The lowest BCUT2D eigenvalue weighted by Gasteiger charge is -2.36. The zero-order valence-electron chi connectivity index (χ0n) is 15.5. The molecule has 2 heterocycles. The summed E-state index contributed by atoms with van der Waals surface area (Å²) in [6, 6.07) is 8.03. The van der Waals surface area contributed by atoms with E-state index in [1.54, 1.807) is 7.11 Å². The summed E-state index contributed by atoms with van der Waals surface area (Å²) in [7, 11) is 1.69. The van der Waals surface area contributed by atoms with Crippen LogP contribution in [0.15, 0.2) is 28.7 Å². The van der Waals surface area contributed by atoms with Gasteiger partial charge in [-0.1, -0.05) is 12.1 Å². The van der Waals surface area contributed by atoms with Crippen molar-refractivity contribution in [1.29, 1.82) is 0 Å².